The highest BCUT2D eigenvalue weighted by Gasteiger charge is 2.04. The van der Waals surface area contributed by atoms with Gasteiger partial charge < -0.3 is 9.47 Å². The zero-order valence-corrected chi connectivity index (χ0v) is 11.4. The SMILES string of the molecule is COc1ccc(/C=C/C(=O)c2ccncc2)c(OC)c1. The Morgan fingerprint density at radius 3 is 2.50 bits per heavy atom. The largest absolute Gasteiger partial charge is 0.497 e. The van der Waals surface area contributed by atoms with Crippen molar-refractivity contribution in [1.29, 1.82) is 0 Å². The van der Waals surface area contributed by atoms with Crippen molar-refractivity contribution in [3.8, 4) is 11.5 Å². The summed E-state index contributed by atoms with van der Waals surface area (Å²) in [6, 6.07) is 8.79. The third kappa shape index (κ3) is 3.23. The summed E-state index contributed by atoms with van der Waals surface area (Å²) < 4.78 is 10.4. The summed E-state index contributed by atoms with van der Waals surface area (Å²) >= 11 is 0. The van der Waals surface area contributed by atoms with Gasteiger partial charge in [-0.05, 0) is 36.4 Å². The number of allylic oxidation sites excluding steroid dienone is 1. The van der Waals surface area contributed by atoms with Crippen LogP contribution in [0.1, 0.15) is 15.9 Å². The molecule has 102 valence electrons. The van der Waals surface area contributed by atoms with Crippen LogP contribution in [0.3, 0.4) is 0 Å². The molecule has 0 amide bonds. The summed E-state index contributed by atoms with van der Waals surface area (Å²) in [4.78, 5) is 15.8. The van der Waals surface area contributed by atoms with Gasteiger partial charge in [0.15, 0.2) is 5.78 Å². The minimum absolute atomic E-state index is 0.0785. The Labute approximate surface area is 117 Å². The maximum absolute atomic E-state index is 12.0. The number of methoxy groups -OCH3 is 2. The van der Waals surface area contributed by atoms with Gasteiger partial charge in [-0.25, -0.2) is 0 Å². The monoisotopic (exact) mass is 269 g/mol. The first kappa shape index (κ1) is 13.8. The number of pyridine rings is 1. The van der Waals surface area contributed by atoms with Crippen LogP contribution < -0.4 is 9.47 Å². The predicted octanol–water partition coefficient (Wildman–Crippen LogP) is 2.99. The van der Waals surface area contributed by atoms with Crippen molar-refractivity contribution in [1.82, 2.24) is 4.98 Å². The van der Waals surface area contributed by atoms with Crippen LogP contribution in [0.4, 0.5) is 0 Å². The molecule has 1 aromatic carbocycles. The van der Waals surface area contributed by atoms with Gasteiger partial charge in [-0.3, -0.25) is 9.78 Å². The van der Waals surface area contributed by atoms with Crippen molar-refractivity contribution in [2.75, 3.05) is 14.2 Å². The zero-order chi connectivity index (χ0) is 14.4. The summed E-state index contributed by atoms with van der Waals surface area (Å²) in [5.41, 5.74) is 1.42. The van der Waals surface area contributed by atoms with Crippen LogP contribution >= 0.6 is 0 Å². The van der Waals surface area contributed by atoms with Gasteiger partial charge in [0.05, 0.1) is 14.2 Å². The fraction of sp³-hybridized carbons (Fsp3) is 0.125. The fourth-order valence-corrected chi connectivity index (χ4v) is 1.73. The second kappa shape index (κ2) is 6.52. The molecule has 0 fully saturated rings. The maximum Gasteiger partial charge on any atom is 0.185 e. The normalized spacial score (nSPS) is 10.5. The molecule has 0 atom stereocenters. The number of carbonyl (C=O) groups excluding carboxylic acids is 1. The van der Waals surface area contributed by atoms with E-state index < -0.39 is 0 Å². The van der Waals surface area contributed by atoms with Gasteiger partial charge in [0, 0.05) is 29.6 Å². The number of aromatic nitrogens is 1. The maximum atomic E-state index is 12.0. The van der Waals surface area contributed by atoms with Crippen molar-refractivity contribution in [2.45, 2.75) is 0 Å². The number of carbonyl (C=O) groups is 1. The Morgan fingerprint density at radius 1 is 1.10 bits per heavy atom. The molecule has 0 aliphatic carbocycles. The van der Waals surface area contributed by atoms with E-state index in [4.69, 9.17) is 9.47 Å². The van der Waals surface area contributed by atoms with Gasteiger partial charge in [0.2, 0.25) is 0 Å². The Bertz CT molecular complexity index is 621. The van der Waals surface area contributed by atoms with Gasteiger partial charge in [-0.1, -0.05) is 0 Å². The van der Waals surface area contributed by atoms with Crippen LogP contribution in [0.25, 0.3) is 6.08 Å². The van der Waals surface area contributed by atoms with E-state index in [1.54, 1.807) is 50.9 Å². The van der Waals surface area contributed by atoms with E-state index in [0.717, 1.165) is 5.56 Å². The molecule has 0 aliphatic rings. The molecule has 1 heterocycles. The van der Waals surface area contributed by atoms with Crippen LogP contribution in [-0.4, -0.2) is 25.0 Å². The molecule has 2 aromatic rings. The van der Waals surface area contributed by atoms with Gasteiger partial charge in [0.25, 0.3) is 0 Å². The highest BCUT2D eigenvalue weighted by atomic mass is 16.5. The van der Waals surface area contributed by atoms with Gasteiger partial charge in [-0.15, -0.1) is 0 Å². The van der Waals surface area contributed by atoms with Crippen LogP contribution in [0.2, 0.25) is 0 Å². The fourth-order valence-electron chi connectivity index (χ4n) is 1.73. The Morgan fingerprint density at radius 2 is 1.85 bits per heavy atom. The Hall–Kier alpha value is -2.62. The number of ketones is 1. The van der Waals surface area contributed by atoms with Crippen molar-refractivity contribution in [3.05, 3.63) is 59.9 Å². The highest BCUT2D eigenvalue weighted by molar-refractivity contribution is 6.06. The molecule has 0 bridgehead atoms. The minimum Gasteiger partial charge on any atom is -0.497 e. The molecule has 4 nitrogen and oxygen atoms in total. The molecular weight excluding hydrogens is 254 g/mol. The Kier molecular flexibility index (Phi) is 4.50. The molecule has 0 unspecified atom stereocenters. The van der Waals surface area contributed by atoms with Crippen molar-refractivity contribution >= 4 is 11.9 Å². The van der Waals surface area contributed by atoms with Crippen LogP contribution in [-0.2, 0) is 0 Å². The number of hydrogen-bond acceptors (Lipinski definition) is 4. The summed E-state index contributed by atoms with van der Waals surface area (Å²) in [5, 5.41) is 0. The summed E-state index contributed by atoms with van der Waals surface area (Å²) in [7, 11) is 3.17. The van der Waals surface area contributed by atoms with Crippen LogP contribution in [0, 0.1) is 0 Å². The van der Waals surface area contributed by atoms with E-state index in [-0.39, 0.29) is 5.78 Å². The lowest BCUT2D eigenvalue weighted by atomic mass is 10.1. The van der Waals surface area contributed by atoms with E-state index in [1.165, 1.54) is 6.08 Å². The first-order valence-corrected chi connectivity index (χ1v) is 6.09. The molecule has 0 N–H and O–H groups in total. The van der Waals surface area contributed by atoms with E-state index >= 15 is 0 Å². The van der Waals surface area contributed by atoms with Crippen molar-refractivity contribution < 1.29 is 14.3 Å². The average molecular weight is 269 g/mol. The highest BCUT2D eigenvalue weighted by Crippen LogP contribution is 2.25. The lowest BCUT2D eigenvalue weighted by Gasteiger charge is -2.07. The zero-order valence-electron chi connectivity index (χ0n) is 11.4. The molecule has 2 rings (SSSR count). The first-order chi connectivity index (χ1) is 9.74. The standard InChI is InChI=1S/C16H15NO3/c1-19-14-5-3-13(16(11-14)20-2)4-6-15(18)12-7-9-17-10-8-12/h3-11H,1-2H3/b6-4+. The third-order valence-electron chi connectivity index (χ3n) is 2.82. The second-order valence-corrected chi connectivity index (χ2v) is 4.04. The number of benzene rings is 1. The molecule has 1 aromatic heterocycles. The summed E-state index contributed by atoms with van der Waals surface area (Å²) in [6.07, 6.45) is 6.42. The summed E-state index contributed by atoms with van der Waals surface area (Å²) in [6.45, 7) is 0. The van der Waals surface area contributed by atoms with E-state index in [0.29, 0.717) is 17.1 Å². The number of rotatable bonds is 5. The number of hydrogen-bond donors (Lipinski definition) is 0. The van der Waals surface area contributed by atoms with Gasteiger partial charge in [-0.2, -0.15) is 0 Å². The molecule has 0 aliphatic heterocycles. The number of nitrogens with zero attached hydrogens (tertiary/aromatic N) is 1. The smallest absolute Gasteiger partial charge is 0.185 e. The topological polar surface area (TPSA) is 48.4 Å². The third-order valence-corrected chi connectivity index (χ3v) is 2.82. The van der Waals surface area contributed by atoms with Crippen LogP contribution in [0.5, 0.6) is 11.5 Å². The first-order valence-electron chi connectivity index (χ1n) is 6.09. The van der Waals surface area contributed by atoms with Gasteiger partial charge >= 0.3 is 0 Å². The van der Waals surface area contributed by atoms with E-state index in [9.17, 15) is 4.79 Å². The van der Waals surface area contributed by atoms with Crippen molar-refractivity contribution in [3.63, 3.8) is 0 Å². The lowest BCUT2D eigenvalue weighted by molar-refractivity contribution is 0.104. The van der Waals surface area contributed by atoms with E-state index in [2.05, 4.69) is 4.98 Å². The molecule has 0 saturated heterocycles. The average Bonchev–Trinajstić information content (AvgIpc) is 2.53. The molecule has 4 heteroatoms. The van der Waals surface area contributed by atoms with E-state index in [1.807, 2.05) is 12.1 Å². The molecular formula is C16H15NO3. The van der Waals surface area contributed by atoms with Crippen LogP contribution in [0.15, 0.2) is 48.8 Å². The summed E-state index contributed by atoms with van der Waals surface area (Å²) in [5.74, 6) is 1.29. The minimum atomic E-state index is -0.0785. The molecule has 0 radical (unpaired) electrons. The lowest BCUT2D eigenvalue weighted by Crippen LogP contribution is -1.94. The Balaban J connectivity index is 2.21. The number of ether oxygens (including phenoxy) is 2. The van der Waals surface area contributed by atoms with Gasteiger partial charge in [0.1, 0.15) is 11.5 Å². The predicted molar refractivity (Wildman–Crippen MR) is 77.1 cm³/mol. The molecule has 20 heavy (non-hydrogen) atoms. The molecule has 0 saturated carbocycles. The molecule has 0 spiro atoms. The second-order valence-electron chi connectivity index (χ2n) is 4.04. The van der Waals surface area contributed by atoms with Crippen molar-refractivity contribution in [2.24, 2.45) is 0 Å². The quantitative estimate of drug-likeness (QED) is 0.618.